The molecule has 0 aromatic heterocycles. The van der Waals surface area contributed by atoms with E-state index < -0.39 is 0 Å². The molecule has 0 N–H and O–H groups in total. The van der Waals surface area contributed by atoms with Gasteiger partial charge in [0.1, 0.15) is 0 Å². The molecule has 10 rings (SSSR count). The second-order valence-electron chi connectivity index (χ2n) is 15.3. The van der Waals surface area contributed by atoms with Gasteiger partial charge in [-0.2, -0.15) is 0 Å². The molecule has 0 saturated heterocycles. The van der Waals surface area contributed by atoms with E-state index in [0.29, 0.717) is 0 Å². The largest absolute Gasteiger partial charge is 0.310 e. The summed E-state index contributed by atoms with van der Waals surface area (Å²) >= 11 is 0. The summed E-state index contributed by atoms with van der Waals surface area (Å²) in [5.41, 5.74) is 14.7. The van der Waals surface area contributed by atoms with Gasteiger partial charge >= 0.3 is 0 Å². The zero-order valence-corrected chi connectivity index (χ0v) is 32.8. The average molecular weight is 754 g/mol. The molecule has 10 aromatic carbocycles. The molecule has 0 saturated carbocycles. The van der Waals surface area contributed by atoms with Crippen LogP contribution in [0, 0.1) is 0 Å². The van der Waals surface area contributed by atoms with Crippen LogP contribution >= 0.6 is 0 Å². The fourth-order valence-corrected chi connectivity index (χ4v) is 8.63. The van der Waals surface area contributed by atoms with Crippen LogP contribution in [0.4, 0.5) is 17.1 Å². The van der Waals surface area contributed by atoms with Gasteiger partial charge in [-0.3, -0.25) is 0 Å². The van der Waals surface area contributed by atoms with Gasteiger partial charge < -0.3 is 4.90 Å². The Bertz CT molecular complexity index is 2960. The lowest BCUT2D eigenvalue weighted by atomic mass is 9.83. The second-order valence-corrected chi connectivity index (χ2v) is 15.3. The quantitative estimate of drug-likeness (QED) is 0.134. The molecule has 1 unspecified atom stereocenters. The lowest BCUT2D eigenvalue weighted by Gasteiger charge is -2.27. The van der Waals surface area contributed by atoms with E-state index in [2.05, 4.69) is 248 Å². The van der Waals surface area contributed by atoms with Crippen molar-refractivity contribution in [2.45, 2.75) is 12.3 Å². The number of hydrogen-bond donors (Lipinski definition) is 0. The van der Waals surface area contributed by atoms with E-state index in [-0.39, 0.29) is 5.92 Å². The molecule has 0 spiro atoms. The van der Waals surface area contributed by atoms with Gasteiger partial charge in [0.25, 0.3) is 0 Å². The van der Waals surface area contributed by atoms with E-state index in [1.807, 2.05) is 0 Å². The summed E-state index contributed by atoms with van der Waals surface area (Å²) in [5, 5.41) is 5.04. The summed E-state index contributed by atoms with van der Waals surface area (Å²) in [5.74, 6) is 0.199. The molecule has 0 aliphatic heterocycles. The molecule has 0 heterocycles. The van der Waals surface area contributed by atoms with Crippen molar-refractivity contribution in [1.82, 2.24) is 0 Å². The third-order valence-corrected chi connectivity index (χ3v) is 11.7. The van der Waals surface area contributed by atoms with Gasteiger partial charge in [-0.25, -0.2) is 0 Å². The van der Waals surface area contributed by atoms with Crippen LogP contribution < -0.4 is 4.90 Å². The minimum Gasteiger partial charge on any atom is -0.310 e. The van der Waals surface area contributed by atoms with Crippen molar-refractivity contribution >= 4 is 38.6 Å². The molecular formula is C58H43N. The predicted molar refractivity (Wildman–Crippen MR) is 251 cm³/mol. The maximum atomic E-state index is 2.38. The Morgan fingerprint density at radius 3 is 1.17 bits per heavy atom. The highest BCUT2D eigenvalue weighted by atomic mass is 15.1. The lowest BCUT2D eigenvalue weighted by molar-refractivity contribution is 0.810. The molecule has 1 heteroatoms. The summed E-state index contributed by atoms with van der Waals surface area (Å²) in [7, 11) is 0. The Labute approximate surface area is 347 Å². The Balaban J connectivity index is 0.982. The van der Waals surface area contributed by atoms with Crippen LogP contribution in [-0.2, 0) is 6.42 Å². The Morgan fingerprint density at radius 2 is 0.661 bits per heavy atom. The van der Waals surface area contributed by atoms with Gasteiger partial charge in [-0.1, -0.05) is 212 Å². The third-order valence-electron chi connectivity index (χ3n) is 11.7. The van der Waals surface area contributed by atoms with Gasteiger partial charge in [0, 0.05) is 22.7 Å². The molecule has 0 amide bonds. The average Bonchev–Trinajstić information content (AvgIpc) is 3.32. The van der Waals surface area contributed by atoms with Gasteiger partial charge in [0.2, 0.25) is 0 Å². The summed E-state index contributed by atoms with van der Waals surface area (Å²) < 4.78 is 0. The van der Waals surface area contributed by atoms with E-state index in [1.54, 1.807) is 0 Å². The molecule has 0 radical (unpaired) electrons. The van der Waals surface area contributed by atoms with E-state index in [4.69, 9.17) is 0 Å². The van der Waals surface area contributed by atoms with Crippen LogP contribution in [0.25, 0.3) is 54.9 Å². The Hall–Kier alpha value is -7.48. The summed E-state index contributed by atoms with van der Waals surface area (Å²) in [4.78, 5) is 2.38. The van der Waals surface area contributed by atoms with Crippen LogP contribution in [0.1, 0.15) is 22.6 Å². The molecule has 0 fully saturated rings. The van der Waals surface area contributed by atoms with Gasteiger partial charge in [0.05, 0.1) is 5.69 Å². The van der Waals surface area contributed by atoms with E-state index in [9.17, 15) is 0 Å². The highest BCUT2D eigenvalue weighted by Gasteiger charge is 2.19. The zero-order valence-electron chi connectivity index (χ0n) is 32.8. The molecule has 0 aliphatic rings. The maximum Gasteiger partial charge on any atom is 0.0540 e. The van der Waals surface area contributed by atoms with E-state index in [0.717, 1.165) is 23.5 Å². The molecular weight excluding hydrogens is 711 g/mol. The smallest absolute Gasteiger partial charge is 0.0540 e. The van der Waals surface area contributed by atoms with E-state index >= 15 is 0 Å². The third kappa shape index (κ3) is 7.43. The molecule has 59 heavy (non-hydrogen) atoms. The minimum atomic E-state index is 0.199. The topological polar surface area (TPSA) is 3.24 Å². The summed E-state index contributed by atoms with van der Waals surface area (Å²) in [6, 6.07) is 88.3. The van der Waals surface area contributed by atoms with Crippen molar-refractivity contribution in [3.8, 4) is 33.4 Å². The number of anilines is 3. The first-order chi connectivity index (χ1) is 29.2. The molecule has 0 bridgehead atoms. The van der Waals surface area contributed by atoms with Gasteiger partial charge in [-0.05, 0) is 103 Å². The first-order valence-electron chi connectivity index (χ1n) is 20.5. The first kappa shape index (κ1) is 35.9. The normalized spacial score (nSPS) is 11.7. The first-order valence-corrected chi connectivity index (χ1v) is 20.5. The van der Waals surface area contributed by atoms with Crippen molar-refractivity contribution in [2.24, 2.45) is 0 Å². The van der Waals surface area contributed by atoms with Gasteiger partial charge in [-0.15, -0.1) is 0 Å². The van der Waals surface area contributed by atoms with Crippen molar-refractivity contribution in [3.63, 3.8) is 0 Å². The fraction of sp³-hybridized carbons (Fsp3) is 0.0345. The SMILES string of the molecule is c1ccc(-c2ccc(C(Cc3cccc4ccccc34)c3ccc(-c4ccc(N(c5ccc(-c6ccccc6)cc5)c5cccc6ccccc56)cc4)cc3)cc2)cc1. The number of nitrogens with zero attached hydrogens (tertiary/aromatic N) is 1. The number of fused-ring (bicyclic) bond motifs is 2. The maximum absolute atomic E-state index is 2.38. The lowest BCUT2D eigenvalue weighted by Crippen LogP contribution is -2.10. The monoisotopic (exact) mass is 753 g/mol. The van der Waals surface area contributed by atoms with Crippen LogP contribution in [0.5, 0.6) is 0 Å². The van der Waals surface area contributed by atoms with Gasteiger partial charge in [0.15, 0.2) is 0 Å². The molecule has 10 aromatic rings. The Morgan fingerprint density at radius 1 is 0.288 bits per heavy atom. The Kier molecular flexibility index (Phi) is 9.84. The highest BCUT2D eigenvalue weighted by Crippen LogP contribution is 2.41. The van der Waals surface area contributed by atoms with Crippen molar-refractivity contribution in [1.29, 1.82) is 0 Å². The minimum absolute atomic E-state index is 0.199. The molecule has 280 valence electrons. The number of hydrogen-bond acceptors (Lipinski definition) is 1. The summed E-state index contributed by atoms with van der Waals surface area (Å²) in [6.45, 7) is 0. The van der Waals surface area contributed by atoms with Crippen LogP contribution in [0.3, 0.4) is 0 Å². The number of rotatable bonds is 10. The van der Waals surface area contributed by atoms with Crippen molar-refractivity contribution < 1.29 is 0 Å². The molecule has 1 nitrogen and oxygen atoms in total. The standard InChI is InChI=1S/C58H43N/c1-3-13-42(14-4-1)44-25-29-50(30-26-44)57(41-52-21-11-19-48-17-7-9-22-55(48)52)51-31-27-45(28-32-51)47-35-39-54(40-36-47)59(58-24-12-20-49-18-8-10-23-56(49)58)53-37-33-46(34-38-53)43-15-5-2-6-16-43/h1-40,57H,41H2. The van der Waals surface area contributed by atoms with Crippen LogP contribution in [-0.4, -0.2) is 0 Å². The predicted octanol–water partition coefficient (Wildman–Crippen LogP) is 15.8. The second kappa shape index (κ2) is 16.2. The highest BCUT2D eigenvalue weighted by molar-refractivity contribution is 5.99. The fourth-order valence-electron chi connectivity index (χ4n) is 8.63. The molecule has 0 aliphatic carbocycles. The summed E-state index contributed by atoms with van der Waals surface area (Å²) in [6.07, 6.45) is 0.913. The van der Waals surface area contributed by atoms with Crippen molar-refractivity contribution in [2.75, 3.05) is 4.90 Å². The molecule has 1 atom stereocenters. The zero-order chi connectivity index (χ0) is 39.4. The van der Waals surface area contributed by atoms with Crippen LogP contribution in [0.15, 0.2) is 243 Å². The number of benzene rings is 10. The van der Waals surface area contributed by atoms with Crippen LogP contribution in [0.2, 0.25) is 0 Å². The van der Waals surface area contributed by atoms with Crippen molar-refractivity contribution in [3.05, 3.63) is 259 Å². The van der Waals surface area contributed by atoms with E-state index in [1.165, 1.54) is 71.6 Å².